The summed E-state index contributed by atoms with van der Waals surface area (Å²) >= 11 is 1.89. The summed E-state index contributed by atoms with van der Waals surface area (Å²) in [5.41, 5.74) is 0.350. The van der Waals surface area contributed by atoms with E-state index < -0.39 is 0 Å². The molecule has 1 aromatic heterocycles. The van der Waals surface area contributed by atoms with Gasteiger partial charge in [-0.25, -0.2) is 0 Å². The van der Waals surface area contributed by atoms with Crippen molar-refractivity contribution in [3.63, 3.8) is 0 Å². The van der Waals surface area contributed by atoms with E-state index in [4.69, 9.17) is 0 Å². The average Bonchev–Trinajstić information content (AvgIpc) is 3.10. The molecule has 3 heteroatoms. The van der Waals surface area contributed by atoms with Gasteiger partial charge in [0.25, 0.3) is 0 Å². The molecular formula is C16H26N2S. The molecule has 2 nitrogen and oxygen atoms in total. The molecule has 1 aromatic rings. The lowest BCUT2D eigenvalue weighted by atomic mass is 9.88. The lowest BCUT2D eigenvalue weighted by molar-refractivity contribution is 0.0470. The summed E-state index contributed by atoms with van der Waals surface area (Å²) in [6, 6.07) is 5.12. The summed E-state index contributed by atoms with van der Waals surface area (Å²) in [5, 5.41) is 6.06. The van der Waals surface area contributed by atoms with Crippen LogP contribution in [0.5, 0.6) is 0 Å². The van der Waals surface area contributed by atoms with Crippen molar-refractivity contribution in [1.29, 1.82) is 0 Å². The van der Waals surface area contributed by atoms with Gasteiger partial charge in [0.2, 0.25) is 0 Å². The number of hydrogen-bond acceptors (Lipinski definition) is 3. The van der Waals surface area contributed by atoms with Crippen molar-refractivity contribution >= 4 is 11.3 Å². The van der Waals surface area contributed by atoms with Crippen LogP contribution in [0.4, 0.5) is 0 Å². The standard InChI is InChI=1S/C16H26N2S/c1-12(2)15-9-17-16(3,13-6-7-13)11-18(15)10-14-5-4-8-19-14/h4-5,8,12-13,15,17H,6-7,9-11H2,1-3H3. The van der Waals surface area contributed by atoms with E-state index in [0.717, 1.165) is 24.9 Å². The number of nitrogens with one attached hydrogen (secondary N) is 1. The van der Waals surface area contributed by atoms with Crippen LogP contribution in [0.2, 0.25) is 0 Å². The van der Waals surface area contributed by atoms with Crippen molar-refractivity contribution in [2.75, 3.05) is 13.1 Å². The van der Waals surface area contributed by atoms with Gasteiger partial charge in [0.05, 0.1) is 0 Å². The van der Waals surface area contributed by atoms with Crippen LogP contribution in [-0.2, 0) is 6.54 Å². The number of hydrogen-bond donors (Lipinski definition) is 1. The van der Waals surface area contributed by atoms with E-state index >= 15 is 0 Å². The second-order valence-corrected chi connectivity index (χ2v) is 7.90. The average molecular weight is 278 g/mol. The van der Waals surface area contributed by atoms with Gasteiger partial charge >= 0.3 is 0 Å². The van der Waals surface area contributed by atoms with Gasteiger partial charge in [-0.15, -0.1) is 11.3 Å². The number of piperazine rings is 1. The Labute approximate surface area is 121 Å². The Balaban J connectivity index is 1.74. The zero-order chi connectivity index (χ0) is 13.5. The molecule has 3 rings (SSSR count). The molecule has 2 heterocycles. The van der Waals surface area contributed by atoms with Crippen molar-refractivity contribution in [2.45, 2.75) is 51.7 Å². The van der Waals surface area contributed by atoms with Crippen molar-refractivity contribution in [3.8, 4) is 0 Å². The third-order valence-corrected chi connectivity index (χ3v) is 5.76. The second kappa shape index (κ2) is 5.19. The quantitative estimate of drug-likeness (QED) is 0.908. The Morgan fingerprint density at radius 1 is 1.47 bits per heavy atom. The first-order valence-corrected chi connectivity index (χ1v) is 8.48. The first kappa shape index (κ1) is 13.6. The van der Waals surface area contributed by atoms with Gasteiger partial charge in [-0.05, 0) is 43.0 Å². The van der Waals surface area contributed by atoms with Gasteiger partial charge in [-0.2, -0.15) is 0 Å². The minimum Gasteiger partial charge on any atom is -0.308 e. The van der Waals surface area contributed by atoms with E-state index in [9.17, 15) is 0 Å². The molecule has 2 unspecified atom stereocenters. The summed E-state index contributed by atoms with van der Waals surface area (Å²) in [5.74, 6) is 1.63. The minimum absolute atomic E-state index is 0.350. The molecule has 0 spiro atoms. The molecule has 0 amide bonds. The Kier molecular flexibility index (Phi) is 3.71. The van der Waals surface area contributed by atoms with Crippen molar-refractivity contribution in [1.82, 2.24) is 10.2 Å². The summed E-state index contributed by atoms with van der Waals surface area (Å²) < 4.78 is 0. The first-order chi connectivity index (χ1) is 9.08. The second-order valence-electron chi connectivity index (χ2n) is 6.87. The lowest BCUT2D eigenvalue weighted by Gasteiger charge is -2.48. The molecule has 0 radical (unpaired) electrons. The van der Waals surface area contributed by atoms with E-state index in [0.29, 0.717) is 11.6 Å². The topological polar surface area (TPSA) is 15.3 Å². The Morgan fingerprint density at radius 3 is 2.84 bits per heavy atom. The van der Waals surface area contributed by atoms with Gasteiger partial charge in [-0.1, -0.05) is 19.9 Å². The van der Waals surface area contributed by atoms with E-state index in [1.165, 1.54) is 24.3 Å². The van der Waals surface area contributed by atoms with E-state index in [-0.39, 0.29) is 0 Å². The van der Waals surface area contributed by atoms with E-state index in [1.54, 1.807) is 0 Å². The molecule has 0 bridgehead atoms. The van der Waals surface area contributed by atoms with Gasteiger partial charge in [-0.3, -0.25) is 4.90 Å². The van der Waals surface area contributed by atoms with Crippen LogP contribution >= 0.6 is 11.3 Å². The minimum atomic E-state index is 0.350. The fourth-order valence-corrected chi connectivity index (χ4v) is 4.22. The molecule has 106 valence electrons. The fourth-order valence-electron chi connectivity index (χ4n) is 3.49. The summed E-state index contributed by atoms with van der Waals surface area (Å²) in [4.78, 5) is 4.23. The van der Waals surface area contributed by atoms with Gasteiger partial charge in [0, 0.05) is 36.1 Å². The monoisotopic (exact) mass is 278 g/mol. The SMILES string of the molecule is CC(C)C1CNC(C)(C2CC2)CN1Cc1cccs1. The molecule has 1 aliphatic carbocycles. The highest BCUT2D eigenvalue weighted by Crippen LogP contribution is 2.42. The molecule has 19 heavy (non-hydrogen) atoms. The van der Waals surface area contributed by atoms with E-state index in [2.05, 4.69) is 48.5 Å². The molecule has 2 atom stereocenters. The zero-order valence-corrected chi connectivity index (χ0v) is 13.2. The largest absolute Gasteiger partial charge is 0.308 e. The molecule has 1 N–H and O–H groups in total. The maximum atomic E-state index is 3.86. The lowest BCUT2D eigenvalue weighted by Crippen LogP contribution is -2.64. The molecule has 1 saturated carbocycles. The maximum Gasteiger partial charge on any atom is 0.0332 e. The van der Waals surface area contributed by atoms with Crippen LogP contribution in [0.1, 0.15) is 38.5 Å². The molecular weight excluding hydrogens is 252 g/mol. The van der Waals surface area contributed by atoms with Gasteiger partial charge in [0.1, 0.15) is 0 Å². The summed E-state index contributed by atoms with van der Waals surface area (Å²) in [6.07, 6.45) is 2.84. The van der Waals surface area contributed by atoms with Crippen molar-refractivity contribution in [2.24, 2.45) is 11.8 Å². The van der Waals surface area contributed by atoms with Crippen molar-refractivity contribution in [3.05, 3.63) is 22.4 Å². The number of thiophene rings is 1. The molecule has 2 fully saturated rings. The van der Waals surface area contributed by atoms with Crippen molar-refractivity contribution < 1.29 is 0 Å². The molecule has 1 saturated heterocycles. The van der Waals surface area contributed by atoms with Crippen LogP contribution in [0.3, 0.4) is 0 Å². The highest BCUT2D eigenvalue weighted by Gasteiger charge is 2.46. The number of nitrogens with zero attached hydrogens (tertiary/aromatic N) is 1. The van der Waals surface area contributed by atoms with Crippen LogP contribution in [-0.4, -0.2) is 29.6 Å². The predicted molar refractivity (Wildman–Crippen MR) is 82.5 cm³/mol. The van der Waals surface area contributed by atoms with Gasteiger partial charge in [0.15, 0.2) is 0 Å². The molecule has 0 aromatic carbocycles. The zero-order valence-electron chi connectivity index (χ0n) is 12.4. The Morgan fingerprint density at radius 2 is 2.26 bits per heavy atom. The third-order valence-electron chi connectivity index (χ3n) is 4.90. The summed E-state index contributed by atoms with van der Waals surface area (Å²) in [6.45, 7) is 10.6. The fraction of sp³-hybridized carbons (Fsp3) is 0.750. The normalized spacial score (nSPS) is 32.9. The van der Waals surface area contributed by atoms with Crippen LogP contribution in [0.15, 0.2) is 17.5 Å². The molecule has 1 aliphatic heterocycles. The smallest absolute Gasteiger partial charge is 0.0332 e. The third kappa shape index (κ3) is 2.88. The first-order valence-electron chi connectivity index (χ1n) is 7.60. The maximum absolute atomic E-state index is 3.86. The highest BCUT2D eigenvalue weighted by atomic mass is 32.1. The highest BCUT2D eigenvalue weighted by molar-refractivity contribution is 7.09. The molecule has 2 aliphatic rings. The predicted octanol–water partition coefficient (Wildman–Crippen LogP) is 3.35. The van der Waals surface area contributed by atoms with Crippen LogP contribution in [0, 0.1) is 11.8 Å². The Hall–Kier alpha value is -0.380. The van der Waals surface area contributed by atoms with Gasteiger partial charge < -0.3 is 5.32 Å². The van der Waals surface area contributed by atoms with E-state index in [1.807, 2.05) is 11.3 Å². The van der Waals surface area contributed by atoms with Crippen LogP contribution < -0.4 is 5.32 Å². The van der Waals surface area contributed by atoms with Crippen LogP contribution in [0.25, 0.3) is 0 Å². The summed E-state index contributed by atoms with van der Waals surface area (Å²) in [7, 11) is 0. The number of rotatable bonds is 4. The Bertz CT molecular complexity index is 410.